The fraction of sp³-hybridized carbons (Fsp3) is 0.273. The second kappa shape index (κ2) is 6.17. The van der Waals surface area contributed by atoms with Crippen LogP contribution < -0.4 is 16.4 Å². The van der Waals surface area contributed by atoms with E-state index in [1.165, 1.54) is 7.11 Å². The zero-order chi connectivity index (χ0) is 12.8. The molecular formula is C11H15N3O2S. The summed E-state index contributed by atoms with van der Waals surface area (Å²) in [6, 6.07) is 5.43. The molecule has 0 aliphatic carbocycles. The molecule has 0 fully saturated rings. The van der Waals surface area contributed by atoms with E-state index in [9.17, 15) is 4.79 Å². The highest BCUT2D eigenvalue weighted by molar-refractivity contribution is 7.80. The third-order valence-electron chi connectivity index (χ3n) is 2.14. The van der Waals surface area contributed by atoms with Crippen molar-refractivity contribution in [3.63, 3.8) is 0 Å². The molecule has 0 saturated heterocycles. The van der Waals surface area contributed by atoms with E-state index in [4.69, 9.17) is 22.7 Å². The molecule has 0 unspecified atom stereocenters. The maximum Gasteiger partial charge on any atom is 0.250 e. The van der Waals surface area contributed by atoms with E-state index >= 15 is 0 Å². The molecule has 1 rings (SSSR count). The number of carbonyl (C=O) groups is 1. The first-order chi connectivity index (χ1) is 8.04. The number of nitrogens with two attached hydrogens (primary N) is 1. The molecule has 17 heavy (non-hydrogen) atoms. The second-order valence-corrected chi connectivity index (χ2v) is 3.89. The number of carbonyl (C=O) groups excluding carboxylic acids is 1. The van der Waals surface area contributed by atoms with Crippen molar-refractivity contribution in [3.05, 3.63) is 23.8 Å². The molecular weight excluding hydrogens is 238 g/mol. The quantitative estimate of drug-likeness (QED) is 0.704. The van der Waals surface area contributed by atoms with Gasteiger partial charge in [-0.05, 0) is 36.8 Å². The first-order valence-corrected chi connectivity index (χ1v) is 5.40. The summed E-state index contributed by atoms with van der Waals surface area (Å²) >= 11 is 4.77. The van der Waals surface area contributed by atoms with Crippen LogP contribution in [0.15, 0.2) is 18.2 Å². The molecule has 0 aliphatic rings. The smallest absolute Gasteiger partial charge is 0.250 e. The Balaban J connectivity index is 2.86. The van der Waals surface area contributed by atoms with Gasteiger partial charge in [-0.25, -0.2) is 0 Å². The molecule has 1 aromatic carbocycles. The average molecular weight is 253 g/mol. The number of ether oxygens (including phenoxy) is 1. The molecule has 0 aromatic heterocycles. The lowest BCUT2D eigenvalue weighted by molar-refractivity contribution is -0.119. The van der Waals surface area contributed by atoms with Gasteiger partial charge in [0.2, 0.25) is 5.91 Å². The van der Waals surface area contributed by atoms with E-state index in [0.717, 1.165) is 11.3 Å². The molecule has 0 saturated carbocycles. The molecule has 0 radical (unpaired) electrons. The Morgan fingerprint density at radius 3 is 2.53 bits per heavy atom. The average Bonchev–Trinajstić information content (AvgIpc) is 2.23. The Kier molecular flexibility index (Phi) is 4.86. The summed E-state index contributed by atoms with van der Waals surface area (Å²) < 4.78 is 4.74. The second-order valence-electron chi connectivity index (χ2n) is 3.45. The summed E-state index contributed by atoms with van der Waals surface area (Å²) in [4.78, 5) is 11.4. The van der Waals surface area contributed by atoms with E-state index in [-0.39, 0.29) is 17.6 Å². The maximum atomic E-state index is 11.4. The summed E-state index contributed by atoms with van der Waals surface area (Å²) in [6.45, 7) is 1.88. The molecule has 6 heteroatoms. The van der Waals surface area contributed by atoms with E-state index in [2.05, 4.69) is 10.6 Å². The van der Waals surface area contributed by atoms with E-state index in [1.54, 1.807) is 12.1 Å². The summed E-state index contributed by atoms with van der Waals surface area (Å²) in [5.74, 6) is -0.205. The first kappa shape index (κ1) is 13.4. The predicted octanol–water partition coefficient (Wildman–Crippen LogP) is 1.24. The molecule has 0 bridgehead atoms. The number of amides is 1. The molecule has 0 aliphatic heterocycles. The maximum absolute atomic E-state index is 11.4. The fourth-order valence-corrected chi connectivity index (χ4v) is 1.47. The van der Waals surface area contributed by atoms with Gasteiger partial charge in [-0.1, -0.05) is 6.07 Å². The van der Waals surface area contributed by atoms with Crippen molar-refractivity contribution >= 4 is 34.6 Å². The van der Waals surface area contributed by atoms with Crippen LogP contribution in [0.2, 0.25) is 0 Å². The Morgan fingerprint density at radius 1 is 1.41 bits per heavy atom. The van der Waals surface area contributed by atoms with Gasteiger partial charge in [0.15, 0.2) is 5.11 Å². The van der Waals surface area contributed by atoms with Gasteiger partial charge < -0.3 is 21.1 Å². The Morgan fingerprint density at radius 2 is 2.00 bits per heavy atom. The van der Waals surface area contributed by atoms with Gasteiger partial charge in [0.05, 0.1) is 0 Å². The standard InChI is InChI=1S/C11H15N3O2S/c1-7-8(13-10(15)6-16-2)4-3-5-9(7)14-11(12)17/h3-5H,6H2,1-2H3,(H,13,15)(H3,12,14,17). The van der Waals surface area contributed by atoms with Crippen LogP contribution in [0.5, 0.6) is 0 Å². The van der Waals surface area contributed by atoms with Crippen LogP contribution in [0, 0.1) is 6.92 Å². The minimum atomic E-state index is -0.205. The summed E-state index contributed by atoms with van der Waals surface area (Å²) in [7, 11) is 1.47. The van der Waals surface area contributed by atoms with Gasteiger partial charge in [0, 0.05) is 18.5 Å². The molecule has 4 N–H and O–H groups in total. The van der Waals surface area contributed by atoms with Gasteiger partial charge >= 0.3 is 0 Å². The monoisotopic (exact) mass is 253 g/mol. The zero-order valence-electron chi connectivity index (χ0n) is 9.74. The number of methoxy groups -OCH3 is 1. The first-order valence-electron chi connectivity index (χ1n) is 4.99. The van der Waals surface area contributed by atoms with Gasteiger partial charge in [-0.15, -0.1) is 0 Å². The largest absolute Gasteiger partial charge is 0.376 e. The zero-order valence-corrected chi connectivity index (χ0v) is 10.6. The van der Waals surface area contributed by atoms with Crippen LogP contribution in [-0.4, -0.2) is 24.7 Å². The van der Waals surface area contributed by atoms with Crippen LogP contribution in [0.3, 0.4) is 0 Å². The minimum absolute atomic E-state index is 0.0202. The molecule has 92 valence electrons. The van der Waals surface area contributed by atoms with Crippen molar-refractivity contribution in [2.24, 2.45) is 5.73 Å². The highest BCUT2D eigenvalue weighted by atomic mass is 32.1. The number of hydrogen-bond donors (Lipinski definition) is 3. The molecule has 1 aromatic rings. The third kappa shape index (κ3) is 4.01. The summed E-state index contributed by atoms with van der Waals surface area (Å²) in [6.07, 6.45) is 0. The number of anilines is 2. The highest BCUT2D eigenvalue weighted by Gasteiger charge is 2.07. The molecule has 0 atom stereocenters. The van der Waals surface area contributed by atoms with Crippen molar-refractivity contribution in [1.82, 2.24) is 0 Å². The number of nitrogens with one attached hydrogen (secondary N) is 2. The highest BCUT2D eigenvalue weighted by Crippen LogP contribution is 2.23. The Bertz CT molecular complexity index is 435. The van der Waals surface area contributed by atoms with Crippen molar-refractivity contribution in [1.29, 1.82) is 0 Å². The molecule has 0 heterocycles. The van der Waals surface area contributed by atoms with Crippen molar-refractivity contribution in [3.8, 4) is 0 Å². The number of hydrogen-bond acceptors (Lipinski definition) is 3. The number of rotatable bonds is 4. The SMILES string of the molecule is COCC(=O)Nc1cccc(NC(N)=S)c1C. The normalized spacial score (nSPS) is 9.76. The van der Waals surface area contributed by atoms with Crippen molar-refractivity contribution in [2.45, 2.75) is 6.92 Å². The lowest BCUT2D eigenvalue weighted by Crippen LogP contribution is -2.21. The van der Waals surface area contributed by atoms with Gasteiger partial charge in [0.1, 0.15) is 6.61 Å². The van der Waals surface area contributed by atoms with Crippen LogP contribution in [0.1, 0.15) is 5.56 Å². The Hall–Kier alpha value is -1.66. The summed E-state index contributed by atoms with van der Waals surface area (Å²) in [5.41, 5.74) is 7.74. The van der Waals surface area contributed by atoms with Gasteiger partial charge in [0.25, 0.3) is 0 Å². The van der Waals surface area contributed by atoms with Crippen molar-refractivity contribution in [2.75, 3.05) is 24.4 Å². The molecule has 1 amide bonds. The van der Waals surface area contributed by atoms with Crippen LogP contribution in [-0.2, 0) is 9.53 Å². The summed E-state index contributed by atoms with van der Waals surface area (Å²) in [5, 5.41) is 5.77. The predicted molar refractivity (Wildman–Crippen MR) is 72.1 cm³/mol. The van der Waals surface area contributed by atoms with Gasteiger partial charge in [-0.3, -0.25) is 4.79 Å². The van der Waals surface area contributed by atoms with Crippen LogP contribution in [0.25, 0.3) is 0 Å². The topological polar surface area (TPSA) is 76.4 Å². The van der Waals surface area contributed by atoms with E-state index in [0.29, 0.717) is 5.69 Å². The molecule has 0 spiro atoms. The van der Waals surface area contributed by atoms with Crippen LogP contribution >= 0.6 is 12.2 Å². The lowest BCUT2D eigenvalue weighted by Gasteiger charge is -2.13. The van der Waals surface area contributed by atoms with Gasteiger partial charge in [-0.2, -0.15) is 0 Å². The Labute approximate surface area is 105 Å². The lowest BCUT2D eigenvalue weighted by atomic mass is 10.1. The minimum Gasteiger partial charge on any atom is -0.376 e. The fourth-order valence-electron chi connectivity index (χ4n) is 1.36. The van der Waals surface area contributed by atoms with Crippen LogP contribution in [0.4, 0.5) is 11.4 Å². The van der Waals surface area contributed by atoms with E-state index < -0.39 is 0 Å². The number of benzene rings is 1. The molecule has 5 nitrogen and oxygen atoms in total. The number of thiocarbonyl (C=S) groups is 1. The third-order valence-corrected chi connectivity index (χ3v) is 2.24. The van der Waals surface area contributed by atoms with E-state index in [1.807, 2.05) is 13.0 Å². The van der Waals surface area contributed by atoms with Crippen molar-refractivity contribution < 1.29 is 9.53 Å².